The lowest BCUT2D eigenvalue weighted by Crippen LogP contribution is -2.30. The van der Waals surface area contributed by atoms with Crippen molar-refractivity contribution in [2.45, 2.75) is 39.7 Å². The van der Waals surface area contributed by atoms with Crippen LogP contribution in [0.2, 0.25) is 0 Å². The summed E-state index contributed by atoms with van der Waals surface area (Å²) in [4.78, 5) is 21.4. The molecule has 0 saturated heterocycles. The van der Waals surface area contributed by atoms with E-state index >= 15 is 0 Å². The highest BCUT2D eigenvalue weighted by Gasteiger charge is 2.34. The summed E-state index contributed by atoms with van der Waals surface area (Å²) in [6, 6.07) is 10.3. The summed E-state index contributed by atoms with van der Waals surface area (Å²) < 4.78 is 1.61. The summed E-state index contributed by atoms with van der Waals surface area (Å²) in [7, 11) is 0. The van der Waals surface area contributed by atoms with Gasteiger partial charge in [0.05, 0.1) is 6.04 Å². The summed E-state index contributed by atoms with van der Waals surface area (Å²) in [6.07, 6.45) is 2.27. The standard InChI is InChI=1S/C19H21N5O/c1-11-4-6-14(7-5-11)16(15-8-9-15)21-18(25)17-22-19-20-12(2)10-13(3)24(19)23-17/h4-7,10,15-16H,8-9H2,1-3H3,(H,21,25). The minimum absolute atomic E-state index is 0.00973. The van der Waals surface area contributed by atoms with Gasteiger partial charge in [-0.3, -0.25) is 4.79 Å². The van der Waals surface area contributed by atoms with Crippen LogP contribution >= 0.6 is 0 Å². The van der Waals surface area contributed by atoms with Crippen LogP contribution in [0.25, 0.3) is 5.78 Å². The average Bonchev–Trinajstić information content (AvgIpc) is 3.32. The zero-order valence-electron chi connectivity index (χ0n) is 14.7. The minimum Gasteiger partial charge on any atom is -0.342 e. The predicted octanol–water partition coefficient (Wildman–Crippen LogP) is 2.93. The molecule has 1 N–H and O–H groups in total. The fourth-order valence-corrected chi connectivity index (χ4v) is 3.14. The number of nitrogens with zero attached hydrogens (tertiary/aromatic N) is 4. The van der Waals surface area contributed by atoms with Gasteiger partial charge >= 0.3 is 0 Å². The van der Waals surface area contributed by atoms with Gasteiger partial charge < -0.3 is 5.32 Å². The van der Waals surface area contributed by atoms with Crippen LogP contribution in [-0.4, -0.2) is 25.5 Å². The Kier molecular flexibility index (Phi) is 3.75. The molecule has 0 radical (unpaired) electrons. The highest BCUT2D eigenvalue weighted by atomic mass is 16.2. The fraction of sp³-hybridized carbons (Fsp3) is 0.368. The molecule has 1 fully saturated rings. The Morgan fingerprint density at radius 1 is 1.16 bits per heavy atom. The van der Waals surface area contributed by atoms with E-state index in [1.807, 2.05) is 19.9 Å². The van der Waals surface area contributed by atoms with Gasteiger partial charge in [0.1, 0.15) is 0 Å². The number of aryl methyl sites for hydroxylation is 3. The minimum atomic E-state index is -0.250. The molecule has 1 aliphatic rings. The molecule has 128 valence electrons. The van der Waals surface area contributed by atoms with Crippen molar-refractivity contribution in [2.24, 2.45) is 5.92 Å². The molecule has 1 aliphatic carbocycles. The van der Waals surface area contributed by atoms with Gasteiger partial charge in [0.25, 0.3) is 11.7 Å². The van der Waals surface area contributed by atoms with Crippen LogP contribution in [0, 0.1) is 26.7 Å². The zero-order valence-corrected chi connectivity index (χ0v) is 14.7. The summed E-state index contributed by atoms with van der Waals surface area (Å²) in [5, 5.41) is 7.45. The van der Waals surface area contributed by atoms with Crippen molar-refractivity contribution in [3.8, 4) is 0 Å². The first kappa shape index (κ1) is 15.7. The third-order valence-corrected chi connectivity index (χ3v) is 4.64. The highest BCUT2D eigenvalue weighted by Crippen LogP contribution is 2.41. The molecule has 1 saturated carbocycles. The third kappa shape index (κ3) is 3.12. The average molecular weight is 335 g/mol. The van der Waals surface area contributed by atoms with Crippen molar-refractivity contribution < 1.29 is 4.79 Å². The van der Waals surface area contributed by atoms with Crippen molar-refractivity contribution in [1.82, 2.24) is 24.9 Å². The van der Waals surface area contributed by atoms with Crippen molar-refractivity contribution >= 4 is 11.7 Å². The fourth-order valence-electron chi connectivity index (χ4n) is 3.14. The van der Waals surface area contributed by atoms with Crippen LogP contribution < -0.4 is 5.32 Å². The molecule has 0 aliphatic heterocycles. The van der Waals surface area contributed by atoms with E-state index in [0.717, 1.165) is 29.8 Å². The molecule has 0 bridgehead atoms. The number of carbonyl (C=O) groups is 1. The smallest absolute Gasteiger partial charge is 0.291 e. The molecule has 2 heterocycles. The summed E-state index contributed by atoms with van der Waals surface area (Å²) >= 11 is 0. The van der Waals surface area contributed by atoms with E-state index in [-0.39, 0.29) is 17.8 Å². The van der Waals surface area contributed by atoms with Crippen molar-refractivity contribution in [3.05, 3.63) is 58.7 Å². The molecule has 4 rings (SSSR count). The van der Waals surface area contributed by atoms with E-state index in [9.17, 15) is 4.79 Å². The Bertz CT molecular complexity index is 940. The largest absolute Gasteiger partial charge is 0.342 e. The number of benzene rings is 1. The van der Waals surface area contributed by atoms with E-state index in [1.165, 1.54) is 5.56 Å². The molecule has 0 spiro atoms. The van der Waals surface area contributed by atoms with Crippen LogP contribution in [0.1, 0.15) is 52.0 Å². The summed E-state index contributed by atoms with van der Waals surface area (Å²) in [5.41, 5.74) is 4.12. The second-order valence-corrected chi connectivity index (χ2v) is 6.89. The van der Waals surface area contributed by atoms with Gasteiger partial charge in [-0.15, -0.1) is 5.10 Å². The van der Waals surface area contributed by atoms with Crippen LogP contribution in [0.5, 0.6) is 0 Å². The predicted molar refractivity (Wildman–Crippen MR) is 94.4 cm³/mol. The van der Waals surface area contributed by atoms with Gasteiger partial charge in [-0.2, -0.15) is 4.98 Å². The Labute approximate surface area is 146 Å². The maximum Gasteiger partial charge on any atom is 0.291 e. The van der Waals surface area contributed by atoms with Crippen molar-refractivity contribution in [2.75, 3.05) is 0 Å². The first-order chi connectivity index (χ1) is 12.0. The molecule has 3 aromatic rings. The Hall–Kier alpha value is -2.76. The monoisotopic (exact) mass is 335 g/mol. The molecule has 6 heteroatoms. The summed E-state index contributed by atoms with van der Waals surface area (Å²) in [5.74, 6) is 0.866. The third-order valence-electron chi connectivity index (χ3n) is 4.64. The van der Waals surface area contributed by atoms with E-state index in [1.54, 1.807) is 4.52 Å². The maximum atomic E-state index is 12.7. The lowest BCUT2D eigenvalue weighted by atomic mass is 10.0. The first-order valence-corrected chi connectivity index (χ1v) is 8.60. The number of aromatic nitrogens is 4. The lowest BCUT2D eigenvalue weighted by Gasteiger charge is -2.18. The maximum absolute atomic E-state index is 12.7. The number of hydrogen-bond acceptors (Lipinski definition) is 4. The van der Waals surface area contributed by atoms with E-state index in [0.29, 0.717) is 11.7 Å². The zero-order chi connectivity index (χ0) is 17.6. The van der Waals surface area contributed by atoms with E-state index in [2.05, 4.69) is 51.6 Å². The molecule has 1 aromatic carbocycles. The molecule has 1 unspecified atom stereocenters. The molecule has 6 nitrogen and oxygen atoms in total. The number of rotatable bonds is 4. The van der Waals surface area contributed by atoms with Gasteiger partial charge in [-0.25, -0.2) is 9.50 Å². The SMILES string of the molecule is Cc1ccc(C(NC(=O)c2nc3nc(C)cc(C)n3n2)C2CC2)cc1. The molecular formula is C19H21N5O. The molecular weight excluding hydrogens is 314 g/mol. The second kappa shape index (κ2) is 5.95. The highest BCUT2D eigenvalue weighted by molar-refractivity contribution is 5.91. The van der Waals surface area contributed by atoms with Gasteiger partial charge in [0, 0.05) is 11.4 Å². The van der Waals surface area contributed by atoms with Gasteiger partial charge in [0.2, 0.25) is 5.82 Å². The van der Waals surface area contributed by atoms with Crippen LogP contribution in [-0.2, 0) is 0 Å². The van der Waals surface area contributed by atoms with Crippen LogP contribution in [0.15, 0.2) is 30.3 Å². The number of nitrogens with one attached hydrogen (secondary N) is 1. The van der Waals surface area contributed by atoms with E-state index in [4.69, 9.17) is 0 Å². The first-order valence-electron chi connectivity index (χ1n) is 8.60. The van der Waals surface area contributed by atoms with E-state index < -0.39 is 0 Å². The van der Waals surface area contributed by atoms with Gasteiger partial charge in [-0.1, -0.05) is 29.8 Å². The molecule has 1 amide bonds. The quantitative estimate of drug-likeness (QED) is 0.796. The van der Waals surface area contributed by atoms with Gasteiger partial charge in [-0.05, 0) is 51.2 Å². The number of fused-ring (bicyclic) bond motifs is 1. The number of hydrogen-bond donors (Lipinski definition) is 1. The second-order valence-electron chi connectivity index (χ2n) is 6.89. The Balaban J connectivity index is 1.61. The van der Waals surface area contributed by atoms with Crippen molar-refractivity contribution in [3.63, 3.8) is 0 Å². The Morgan fingerprint density at radius 2 is 1.88 bits per heavy atom. The normalized spacial score (nSPS) is 15.3. The molecule has 1 atom stereocenters. The topological polar surface area (TPSA) is 72.2 Å². The number of carbonyl (C=O) groups excluding carboxylic acids is 1. The van der Waals surface area contributed by atoms with Crippen molar-refractivity contribution in [1.29, 1.82) is 0 Å². The molecule has 2 aromatic heterocycles. The molecule has 25 heavy (non-hydrogen) atoms. The number of amides is 1. The summed E-state index contributed by atoms with van der Waals surface area (Å²) in [6.45, 7) is 5.89. The van der Waals surface area contributed by atoms with Crippen LogP contribution in [0.3, 0.4) is 0 Å². The Morgan fingerprint density at radius 3 is 2.56 bits per heavy atom. The van der Waals surface area contributed by atoms with Gasteiger partial charge in [0.15, 0.2) is 0 Å². The van der Waals surface area contributed by atoms with Crippen LogP contribution in [0.4, 0.5) is 0 Å². The lowest BCUT2D eigenvalue weighted by molar-refractivity contribution is 0.0921.